The Bertz CT molecular complexity index is 859. The van der Waals surface area contributed by atoms with Crippen molar-refractivity contribution in [1.29, 1.82) is 0 Å². The van der Waals surface area contributed by atoms with Gasteiger partial charge in [0, 0.05) is 0 Å². The van der Waals surface area contributed by atoms with Gasteiger partial charge in [0.25, 0.3) is 0 Å². The zero-order chi connectivity index (χ0) is 42.3. The second kappa shape index (κ2) is 48.5. The van der Waals surface area contributed by atoms with Gasteiger partial charge in [0.05, 0.1) is 31.3 Å². The first-order chi connectivity index (χ1) is 28.5. The Hall–Kier alpha value is -1.17. The molecule has 0 rings (SSSR count). The fourth-order valence-electron chi connectivity index (χ4n) is 8.26. The number of allylic oxidation sites excluding steroid dienone is 4. The van der Waals surface area contributed by atoms with Gasteiger partial charge in [0.15, 0.2) is 0 Å². The summed E-state index contributed by atoms with van der Waals surface area (Å²) in [6.07, 6.45) is 60.2. The van der Waals surface area contributed by atoms with E-state index in [1.54, 1.807) is 0 Å². The van der Waals surface area contributed by atoms with Crippen molar-refractivity contribution in [3.8, 4) is 0 Å². The van der Waals surface area contributed by atoms with Gasteiger partial charge in [-0.15, -0.1) is 0 Å². The Morgan fingerprint density at radius 3 is 1.09 bits per heavy atom. The lowest BCUT2D eigenvalue weighted by Crippen LogP contribution is -2.46. The van der Waals surface area contributed by atoms with Crippen molar-refractivity contribution in [2.24, 2.45) is 0 Å². The van der Waals surface area contributed by atoms with E-state index in [4.69, 9.17) is 0 Å². The number of aliphatic hydroxyl groups excluding tert-OH is 3. The normalized spacial score (nSPS) is 13.5. The Morgan fingerprint density at radius 2 is 0.741 bits per heavy atom. The molecule has 0 aliphatic heterocycles. The number of amides is 1. The summed E-state index contributed by atoms with van der Waals surface area (Å²) in [5.41, 5.74) is 0. The molecule has 0 saturated carbocycles. The first kappa shape index (κ1) is 56.8. The second-order valence-corrected chi connectivity index (χ2v) is 18.1. The Kier molecular flexibility index (Phi) is 47.5. The molecule has 5 nitrogen and oxygen atoms in total. The number of hydrogen-bond donors (Lipinski definition) is 4. The number of rotatable bonds is 48. The smallest absolute Gasteiger partial charge is 0.222 e. The molecule has 0 aromatic heterocycles. The highest BCUT2D eigenvalue weighted by Crippen LogP contribution is 2.17. The van der Waals surface area contributed by atoms with Crippen LogP contribution in [0.5, 0.6) is 0 Å². The van der Waals surface area contributed by atoms with E-state index >= 15 is 0 Å². The van der Waals surface area contributed by atoms with Crippen LogP contribution in [0, 0.1) is 0 Å². The molecule has 1 amide bonds. The summed E-state index contributed by atoms with van der Waals surface area (Å²) >= 11 is 0. The number of unbranched alkanes of at least 4 members (excludes halogenated alkanes) is 35. The monoisotopic (exact) mass is 818 g/mol. The van der Waals surface area contributed by atoms with E-state index in [1.807, 2.05) is 0 Å². The topological polar surface area (TPSA) is 89.8 Å². The van der Waals surface area contributed by atoms with Gasteiger partial charge >= 0.3 is 0 Å². The molecule has 0 aliphatic carbocycles. The molecular weight excluding hydrogens is 715 g/mol. The van der Waals surface area contributed by atoms with Gasteiger partial charge in [-0.2, -0.15) is 0 Å². The molecule has 0 spiro atoms. The fourth-order valence-corrected chi connectivity index (χ4v) is 8.26. The lowest BCUT2D eigenvalue weighted by Gasteiger charge is -2.23. The van der Waals surface area contributed by atoms with Crippen molar-refractivity contribution in [3.63, 3.8) is 0 Å². The minimum Gasteiger partial charge on any atom is -0.394 e. The van der Waals surface area contributed by atoms with Crippen LogP contribution in [0.15, 0.2) is 24.3 Å². The highest BCUT2D eigenvalue weighted by atomic mass is 16.3. The number of carbonyl (C=O) groups is 1. The SMILES string of the molecule is CCCCCCCCCCC/C=C\C/C=C\CCCCCCCCCC(O)CC(=O)NC(CO)C(O)CCCCCCCCCCCCCCCCCCCCCC. The maximum Gasteiger partial charge on any atom is 0.222 e. The highest BCUT2D eigenvalue weighted by Gasteiger charge is 2.21. The van der Waals surface area contributed by atoms with Crippen molar-refractivity contribution in [2.45, 2.75) is 302 Å². The highest BCUT2D eigenvalue weighted by molar-refractivity contribution is 5.76. The third-order valence-corrected chi connectivity index (χ3v) is 12.3. The van der Waals surface area contributed by atoms with Crippen LogP contribution in [0.25, 0.3) is 0 Å². The largest absolute Gasteiger partial charge is 0.394 e. The Balaban J connectivity index is 3.58. The van der Waals surface area contributed by atoms with Crippen LogP contribution in [0.3, 0.4) is 0 Å². The molecule has 4 N–H and O–H groups in total. The molecule has 0 aliphatic rings. The molecule has 58 heavy (non-hydrogen) atoms. The standard InChI is InChI=1S/C53H103NO4/c1-3-5-7-9-11-13-15-17-19-21-23-25-26-27-28-30-32-34-36-38-40-42-44-46-50(56)48-53(58)54-51(49-55)52(57)47-45-43-41-39-37-35-33-31-29-24-22-20-18-16-14-12-10-8-6-4-2/h23,25,27-28,50-52,55-57H,3-22,24,26,29-49H2,1-2H3,(H,54,58)/b25-23-,28-27-. The van der Waals surface area contributed by atoms with Crippen molar-refractivity contribution in [3.05, 3.63) is 24.3 Å². The molecule has 0 saturated heterocycles. The predicted molar refractivity (Wildman–Crippen MR) is 255 cm³/mol. The van der Waals surface area contributed by atoms with Crippen LogP contribution in [0.2, 0.25) is 0 Å². The lowest BCUT2D eigenvalue weighted by molar-refractivity contribution is -0.125. The van der Waals surface area contributed by atoms with Crippen LogP contribution in [-0.2, 0) is 4.79 Å². The van der Waals surface area contributed by atoms with Crippen molar-refractivity contribution < 1.29 is 20.1 Å². The number of aliphatic hydroxyl groups is 3. The van der Waals surface area contributed by atoms with Crippen molar-refractivity contribution in [2.75, 3.05) is 6.61 Å². The van der Waals surface area contributed by atoms with Gasteiger partial charge in [-0.05, 0) is 44.9 Å². The third-order valence-electron chi connectivity index (χ3n) is 12.3. The molecule has 0 aromatic carbocycles. The van der Waals surface area contributed by atoms with Crippen LogP contribution in [0.1, 0.15) is 284 Å². The van der Waals surface area contributed by atoms with Gasteiger partial charge in [0.1, 0.15) is 0 Å². The van der Waals surface area contributed by atoms with Crippen molar-refractivity contribution >= 4 is 5.91 Å². The van der Waals surface area contributed by atoms with E-state index in [9.17, 15) is 20.1 Å². The van der Waals surface area contributed by atoms with E-state index in [0.717, 1.165) is 32.1 Å². The van der Waals surface area contributed by atoms with E-state index in [1.165, 1.54) is 218 Å². The summed E-state index contributed by atoms with van der Waals surface area (Å²) in [4.78, 5) is 12.5. The van der Waals surface area contributed by atoms with Gasteiger partial charge in [0.2, 0.25) is 5.91 Å². The first-order valence-corrected chi connectivity index (χ1v) is 26.1. The molecule has 0 aromatic rings. The van der Waals surface area contributed by atoms with E-state index in [-0.39, 0.29) is 18.9 Å². The summed E-state index contributed by atoms with van der Waals surface area (Å²) in [6, 6.07) is -0.661. The molecule has 0 bridgehead atoms. The van der Waals surface area contributed by atoms with Crippen LogP contribution in [-0.4, -0.2) is 46.1 Å². The second-order valence-electron chi connectivity index (χ2n) is 18.1. The molecule has 3 atom stereocenters. The Labute approximate surface area is 362 Å². The lowest BCUT2D eigenvalue weighted by atomic mass is 10.0. The molecule has 0 radical (unpaired) electrons. The van der Waals surface area contributed by atoms with E-state index < -0.39 is 18.2 Å². The fraction of sp³-hybridized carbons (Fsp3) is 0.906. The first-order valence-electron chi connectivity index (χ1n) is 26.1. The van der Waals surface area contributed by atoms with E-state index in [2.05, 4.69) is 43.5 Å². The molecule has 0 heterocycles. The van der Waals surface area contributed by atoms with Gasteiger partial charge in [-0.25, -0.2) is 0 Å². The van der Waals surface area contributed by atoms with E-state index in [0.29, 0.717) is 12.8 Å². The molecule has 344 valence electrons. The summed E-state index contributed by atoms with van der Waals surface area (Å²) < 4.78 is 0. The van der Waals surface area contributed by atoms with Crippen LogP contribution in [0.4, 0.5) is 0 Å². The zero-order valence-corrected chi connectivity index (χ0v) is 39.2. The maximum atomic E-state index is 12.5. The van der Waals surface area contributed by atoms with Gasteiger partial charge in [-0.1, -0.05) is 256 Å². The Morgan fingerprint density at radius 1 is 0.431 bits per heavy atom. The zero-order valence-electron chi connectivity index (χ0n) is 39.2. The van der Waals surface area contributed by atoms with Crippen LogP contribution >= 0.6 is 0 Å². The van der Waals surface area contributed by atoms with Gasteiger partial charge < -0.3 is 20.6 Å². The molecule has 3 unspecified atom stereocenters. The average molecular weight is 818 g/mol. The number of carbonyl (C=O) groups excluding carboxylic acids is 1. The quantitative estimate of drug-likeness (QED) is 0.0364. The summed E-state index contributed by atoms with van der Waals surface area (Å²) in [6.45, 7) is 4.29. The van der Waals surface area contributed by atoms with Gasteiger partial charge in [-0.3, -0.25) is 4.79 Å². The summed E-state index contributed by atoms with van der Waals surface area (Å²) in [5, 5.41) is 33.6. The molecule has 5 heteroatoms. The van der Waals surface area contributed by atoms with Crippen LogP contribution < -0.4 is 5.32 Å². The van der Waals surface area contributed by atoms with Crippen molar-refractivity contribution in [1.82, 2.24) is 5.32 Å². The number of hydrogen-bond acceptors (Lipinski definition) is 4. The molecular formula is C53H103NO4. The third kappa shape index (κ3) is 44.4. The summed E-state index contributed by atoms with van der Waals surface area (Å²) in [7, 11) is 0. The minimum absolute atomic E-state index is 0.0329. The average Bonchev–Trinajstić information content (AvgIpc) is 3.22. The predicted octanol–water partition coefficient (Wildman–Crippen LogP) is 15.7. The minimum atomic E-state index is -0.751. The maximum absolute atomic E-state index is 12.5. The number of nitrogens with one attached hydrogen (secondary N) is 1. The molecule has 0 fully saturated rings. The summed E-state index contributed by atoms with van der Waals surface area (Å²) in [5.74, 6) is -0.284.